The van der Waals surface area contributed by atoms with Crippen molar-refractivity contribution in [1.29, 1.82) is 0 Å². The van der Waals surface area contributed by atoms with Gasteiger partial charge in [-0.3, -0.25) is 10.1 Å². The van der Waals surface area contributed by atoms with Crippen LogP contribution in [0, 0.1) is 17.0 Å². The van der Waals surface area contributed by atoms with Crippen molar-refractivity contribution >= 4 is 23.3 Å². The number of carbonyl (C=O) groups excluding carboxylic acids is 2. The van der Waals surface area contributed by atoms with Crippen molar-refractivity contribution in [2.75, 3.05) is 20.0 Å². The van der Waals surface area contributed by atoms with Crippen LogP contribution in [0.5, 0.6) is 0 Å². The highest BCUT2D eigenvalue weighted by Crippen LogP contribution is 2.31. The van der Waals surface area contributed by atoms with Crippen LogP contribution < -0.4 is 5.73 Å². The molecule has 0 fully saturated rings. The average Bonchev–Trinajstić information content (AvgIpc) is 2.39. The lowest BCUT2D eigenvalue weighted by Gasteiger charge is -2.11. The molecule has 8 heteroatoms. The third-order valence-corrected chi connectivity index (χ3v) is 2.60. The van der Waals surface area contributed by atoms with Crippen molar-refractivity contribution in [1.82, 2.24) is 0 Å². The Hall–Kier alpha value is -2.64. The number of hydrogen-bond donors (Lipinski definition) is 1. The Morgan fingerprint density at radius 3 is 2.21 bits per heavy atom. The zero-order valence-electron chi connectivity index (χ0n) is 10.6. The first kappa shape index (κ1) is 14.4. The van der Waals surface area contributed by atoms with Gasteiger partial charge in [0.25, 0.3) is 5.69 Å². The van der Waals surface area contributed by atoms with Gasteiger partial charge >= 0.3 is 11.9 Å². The summed E-state index contributed by atoms with van der Waals surface area (Å²) in [6, 6.07) is 0.903. The fourth-order valence-electron chi connectivity index (χ4n) is 1.60. The minimum atomic E-state index is -0.883. The van der Waals surface area contributed by atoms with Crippen LogP contribution >= 0.6 is 0 Å². The van der Waals surface area contributed by atoms with E-state index in [1.165, 1.54) is 6.92 Å². The number of esters is 2. The van der Waals surface area contributed by atoms with Crippen LogP contribution in [0.4, 0.5) is 11.4 Å². The predicted molar refractivity (Wildman–Crippen MR) is 64.9 cm³/mol. The number of nitrogen functional groups attached to an aromatic ring is 1. The predicted octanol–water partition coefficient (Wildman–Crippen LogP) is 1.06. The highest BCUT2D eigenvalue weighted by molar-refractivity contribution is 6.06. The summed E-state index contributed by atoms with van der Waals surface area (Å²) >= 11 is 0. The van der Waals surface area contributed by atoms with E-state index in [2.05, 4.69) is 9.47 Å². The highest BCUT2D eigenvalue weighted by Gasteiger charge is 2.28. The molecule has 1 aromatic carbocycles. The molecule has 102 valence electrons. The van der Waals surface area contributed by atoms with Crippen LogP contribution in [0.25, 0.3) is 0 Å². The summed E-state index contributed by atoms with van der Waals surface area (Å²) in [5, 5.41) is 10.8. The summed E-state index contributed by atoms with van der Waals surface area (Å²) in [6.45, 7) is 1.39. The first-order valence-electron chi connectivity index (χ1n) is 5.09. The molecule has 0 saturated heterocycles. The van der Waals surface area contributed by atoms with Crippen molar-refractivity contribution in [2.24, 2.45) is 0 Å². The van der Waals surface area contributed by atoms with Crippen molar-refractivity contribution < 1.29 is 24.0 Å². The number of nitrogens with two attached hydrogens (primary N) is 1. The summed E-state index contributed by atoms with van der Waals surface area (Å²) < 4.78 is 9.03. The Balaban J connectivity index is 3.70. The number of nitrogens with zero attached hydrogens (tertiary/aromatic N) is 1. The quantitative estimate of drug-likeness (QED) is 0.376. The molecular formula is C11H12N2O6. The zero-order chi connectivity index (χ0) is 14.7. The first-order valence-corrected chi connectivity index (χ1v) is 5.09. The molecular weight excluding hydrogens is 256 g/mol. The maximum Gasteiger partial charge on any atom is 0.339 e. The lowest BCUT2D eigenvalue weighted by molar-refractivity contribution is -0.384. The highest BCUT2D eigenvalue weighted by atomic mass is 16.6. The molecule has 19 heavy (non-hydrogen) atoms. The van der Waals surface area contributed by atoms with Crippen LogP contribution in [0.2, 0.25) is 0 Å². The average molecular weight is 268 g/mol. The van der Waals surface area contributed by atoms with Gasteiger partial charge in [-0.1, -0.05) is 0 Å². The standard InChI is InChI=1S/C11H12N2O6/c1-5-8(11(15)19-3)6(10(14)18-2)4-7(9(5)12)13(16)17/h4H,12H2,1-3H3. The van der Waals surface area contributed by atoms with Gasteiger partial charge in [-0.25, -0.2) is 9.59 Å². The van der Waals surface area contributed by atoms with Crippen molar-refractivity contribution in [2.45, 2.75) is 6.92 Å². The molecule has 0 radical (unpaired) electrons. The second-order valence-electron chi connectivity index (χ2n) is 3.60. The van der Waals surface area contributed by atoms with E-state index < -0.39 is 22.5 Å². The summed E-state index contributed by atoms with van der Waals surface area (Å²) in [5.41, 5.74) is 4.62. The fourth-order valence-corrected chi connectivity index (χ4v) is 1.60. The number of nitro benzene ring substituents is 1. The normalized spacial score (nSPS) is 9.84. The van der Waals surface area contributed by atoms with Gasteiger partial charge in [0.15, 0.2) is 0 Å². The van der Waals surface area contributed by atoms with Gasteiger partial charge in [0.1, 0.15) is 5.69 Å². The van der Waals surface area contributed by atoms with E-state index in [1.807, 2.05) is 0 Å². The summed E-state index contributed by atoms with van der Waals surface area (Å²) in [5.74, 6) is -1.70. The molecule has 8 nitrogen and oxygen atoms in total. The van der Waals surface area contributed by atoms with Crippen molar-refractivity contribution in [3.8, 4) is 0 Å². The van der Waals surface area contributed by atoms with Gasteiger partial charge in [0.2, 0.25) is 0 Å². The molecule has 0 bridgehead atoms. The van der Waals surface area contributed by atoms with E-state index in [9.17, 15) is 19.7 Å². The van der Waals surface area contributed by atoms with Gasteiger partial charge in [-0.15, -0.1) is 0 Å². The Kier molecular flexibility index (Phi) is 4.05. The van der Waals surface area contributed by atoms with Gasteiger partial charge in [0, 0.05) is 6.07 Å². The third kappa shape index (κ3) is 2.46. The Morgan fingerprint density at radius 1 is 1.26 bits per heavy atom. The van der Waals surface area contributed by atoms with E-state index in [4.69, 9.17) is 5.73 Å². The molecule has 0 aliphatic carbocycles. The van der Waals surface area contributed by atoms with Crippen LogP contribution in [-0.4, -0.2) is 31.1 Å². The van der Waals surface area contributed by atoms with Gasteiger partial charge < -0.3 is 15.2 Å². The molecule has 1 rings (SSSR count). The number of methoxy groups -OCH3 is 2. The molecule has 0 spiro atoms. The van der Waals surface area contributed by atoms with Crippen LogP contribution in [0.1, 0.15) is 26.3 Å². The minimum absolute atomic E-state index is 0.0986. The molecule has 1 aromatic rings. The van der Waals surface area contributed by atoms with E-state index in [0.717, 1.165) is 20.3 Å². The number of nitro groups is 1. The Morgan fingerprint density at radius 2 is 1.79 bits per heavy atom. The monoisotopic (exact) mass is 268 g/mol. The molecule has 0 aliphatic rings. The van der Waals surface area contributed by atoms with Crippen LogP contribution in [0.15, 0.2) is 6.07 Å². The second kappa shape index (κ2) is 5.34. The molecule has 0 atom stereocenters. The zero-order valence-corrected chi connectivity index (χ0v) is 10.6. The first-order chi connectivity index (χ1) is 8.84. The van der Waals surface area contributed by atoms with E-state index in [0.29, 0.717) is 0 Å². The molecule has 2 N–H and O–H groups in total. The lowest BCUT2D eigenvalue weighted by atomic mass is 9.98. The molecule has 0 unspecified atom stereocenters. The maximum atomic E-state index is 11.7. The molecule has 0 aliphatic heterocycles. The minimum Gasteiger partial charge on any atom is -0.465 e. The summed E-state index contributed by atoms with van der Waals surface area (Å²) in [4.78, 5) is 33.4. The second-order valence-corrected chi connectivity index (χ2v) is 3.60. The summed E-state index contributed by atoms with van der Waals surface area (Å²) in [6.07, 6.45) is 0. The molecule has 0 heterocycles. The number of ether oxygens (including phenoxy) is 2. The SMILES string of the molecule is COC(=O)c1cc([N+](=O)[O-])c(N)c(C)c1C(=O)OC. The topological polar surface area (TPSA) is 122 Å². The molecule has 0 aromatic heterocycles. The maximum absolute atomic E-state index is 11.7. The molecule has 0 saturated carbocycles. The summed E-state index contributed by atoms with van der Waals surface area (Å²) in [7, 11) is 2.22. The number of benzene rings is 1. The molecule has 0 amide bonds. The largest absolute Gasteiger partial charge is 0.465 e. The van der Waals surface area contributed by atoms with Gasteiger partial charge in [-0.05, 0) is 12.5 Å². The van der Waals surface area contributed by atoms with Crippen LogP contribution in [0.3, 0.4) is 0 Å². The number of carbonyl (C=O) groups is 2. The number of rotatable bonds is 3. The number of hydrogen-bond acceptors (Lipinski definition) is 7. The number of anilines is 1. The Bertz CT molecular complexity index is 567. The van der Waals surface area contributed by atoms with Crippen molar-refractivity contribution in [3.05, 3.63) is 32.9 Å². The fraction of sp³-hybridized carbons (Fsp3) is 0.273. The van der Waals surface area contributed by atoms with E-state index in [-0.39, 0.29) is 22.4 Å². The van der Waals surface area contributed by atoms with E-state index in [1.54, 1.807) is 0 Å². The smallest absolute Gasteiger partial charge is 0.339 e. The van der Waals surface area contributed by atoms with Gasteiger partial charge in [-0.2, -0.15) is 0 Å². The van der Waals surface area contributed by atoms with Gasteiger partial charge in [0.05, 0.1) is 30.3 Å². The lowest BCUT2D eigenvalue weighted by Crippen LogP contribution is -2.16. The van der Waals surface area contributed by atoms with E-state index >= 15 is 0 Å². The Labute approximate surface area is 108 Å². The van der Waals surface area contributed by atoms with Crippen molar-refractivity contribution in [3.63, 3.8) is 0 Å². The third-order valence-electron chi connectivity index (χ3n) is 2.60. The van der Waals surface area contributed by atoms with Crippen LogP contribution in [-0.2, 0) is 9.47 Å².